The summed E-state index contributed by atoms with van der Waals surface area (Å²) in [5.41, 5.74) is 2.83. The van der Waals surface area contributed by atoms with Crippen molar-refractivity contribution in [2.45, 2.75) is 6.92 Å². The van der Waals surface area contributed by atoms with Gasteiger partial charge in [-0.2, -0.15) is 0 Å². The number of carbonyl (C=O) groups is 1. The topological polar surface area (TPSA) is 97.2 Å². The molecule has 0 atom stereocenters. The number of nitrogens with one attached hydrogen (secondary N) is 2. The minimum atomic E-state index is -0.518. The fraction of sp³-hybridized carbons (Fsp3) is 0.0455. The third-order valence-corrected chi connectivity index (χ3v) is 6.67. The number of nitro benzene ring substituents is 1. The van der Waals surface area contributed by atoms with Crippen molar-refractivity contribution in [1.82, 2.24) is 10.3 Å². The fourth-order valence-electron chi connectivity index (χ4n) is 3.18. The Kier molecular flexibility index (Phi) is 6.44. The number of para-hydroxylation sites is 1. The molecule has 1 amide bonds. The predicted molar refractivity (Wildman–Crippen MR) is 139 cm³/mol. The van der Waals surface area contributed by atoms with Crippen molar-refractivity contribution in [3.63, 3.8) is 0 Å². The highest BCUT2D eigenvalue weighted by molar-refractivity contribution is 14.1. The van der Waals surface area contributed by atoms with E-state index in [1.165, 1.54) is 25.1 Å². The molecular formula is C22H15IN4O3S2. The molecule has 2 N–H and O–H groups in total. The Balaban J connectivity index is 1.58. The monoisotopic (exact) mass is 574 g/mol. The molecule has 0 aliphatic heterocycles. The van der Waals surface area contributed by atoms with E-state index in [9.17, 15) is 14.9 Å². The van der Waals surface area contributed by atoms with Gasteiger partial charge in [-0.15, -0.1) is 11.3 Å². The molecule has 0 saturated heterocycles. The average Bonchev–Trinajstić information content (AvgIpc) is 3.19. The summed E-state index contributed by atoms with van der Waals surface area (Å²) in [7, 11) is 0. The Morgan fingerprint density at radius 1 is 1.16 bits per heavy atom. The van der Waals surface area contributed by atoms with Gasteiger partial charge in [0.25, 0.3) is 11.6 Å². The zero-order valence-electron chi connectivity index (χ0n) is 16.6. The molecule has 0 spiro atoms. The summed E-state index contributed by atoms with van der Waals surface area (Å²) >= 11 is 9.15. The number of anilines is 1. The molecule has 0 bridgehead atoms. The summed E-state index contributed by atoms with van der Waals surface area (Å²) in [6.07, 6.45) is 0. The largest absolute Gasteiger partial charge is 0.332 e. The second kappa shape index (κ2) is 9.27. The van der Waals surface area contributed by atoms with Gasteiger partial charge in [0.05, 0.1) is 20.8 Å². The lowest BCUT2D eigenvalue weighted by atomic mass is 10.1. The number of fused-ring (bicyclic) bond motifs is 1. The Hall–Kier alpha value is -2.96. The standard InChI is InChI=1S/C22H15IN4O3S2/c1-12-14(5-4-7-18(12)27(29)30)20(28)26-22(31)25-16-10-9-13(23)11-15(16)21-24-17-6-2-3-8-19(17)32-21/h2-11H,1H3,(H2,25,26,28,31). The van der Waals surface area contributed by atoms with Gasteiger partial charge in [0.1, 0.15) is 5.01 Å². The van der Waals surface area contributed by atoms with E-state index in [1.807, 2.05) is 42.5 Å². The summed E-state index contributed by atoms with van der Waals surface area (Å²) in [6, 6.07) is 18.0. The maximum absolute atomic E-state index is 12.7. The number of aromatic nitrogens is 1. The summed E-state index contributed by atoms with van der Waals surface area (Å²) < 4.78 is 2.11. The van der Waals surface area contributed by atoms with Gasteiger partial charge >= 0.3 is 0 Å². The van der Waals surface area contributed by atoms with E-state index >= 15 is 0 Å². The Morgan fingerprint density at radius 3 is 2.69 bits per heavy atom. The van der Waals surface area contributed by atoms with Crippen molar-refractivity contribution in [2.75, 3.05) is 5.32 Å². The number of nitro groups is 1. The van der Waals surface area contributed by atoms with Gasteiger partial charge in [0.2, 0.25) is 0 Å². The molecule has 1 heterocycles. The predicted octanol–water partition coefficient (Wildman–Crippen LogP) is 5.91. The van der Waals surface area contributed by atoms with Crippen LogP contribution in [0.25, 0.3) is 20.8 Å². The van der Waals surface area contributed by atoms with Crippen molar-refractivity contribution in [3.8, 4) is 10.6 Å². The number of carbonyl (C=O) groups excluding carboxylic acids is 1. The lowest BCUT2D eigenvalue weighted by Gasteiger charge is -2.13. The number of hydrogen-bond acceptors (Lipinski definition) is 6. The minimum absolute atomic E-state index is 0.0875. The number of benzene rings is 3. The molecule has 3 aromatic carbocycles. The first-order valence-corrected chi connectivity index (χ1v) is 11.7. The van der Waals surface area contributed by atoms with Crippen LogP contribution in [-0.2, 0) is 0 Å². The molecular weight excluding hydrogens is 559 g/mol. The van der Waals surface area contributed by atoms with Crippen LogP contribution >= 0.6 is 46.1 Å². The molecule has 160 valence electrons. The lowest BCUT2D eigenvalue weighted by Crippen LogP contribution is -2.34. The van der Waals surface area contributed by atoms with Crippen molar-refractivity contribution in [2.24, 2.45) is 0 Å². The maximum atomic E-state index is 12.7. The smallest absolute Gasteiger partial charge is 0.273 e. The fourth-order valence-corrected chi connectivity index (χ4v) is 4.87. The summed E-state index contributed by atoms with van der Waals surface area (Å²) in [6.45, 7) is 1.54. The number of thiocarbonyl (C=S) groups is 1. The van der Waals surface area contributed by atoms with Gasteiger partial charge in [-0.25, -0.2) is 4.98 Å². The van der Waals surface area contributed by atoms with Gasteiger partial charge in [-0.3, -0.25) is 20.2 Å². The van der Waals surface area contributed by atoms with Crippen molar-refractivity contribution < 1.29 is 9.72 Å². The van der Waals surface area contributed by atoms with Crippen LogP contribution in [0.3, 0.4) is 0 Å². The van der Waals surface area contributed by atoms with Crippen LogP contribution in [0.4, 0.5) is 11.4 Å². The highest BCUT2D eigenvalue weighted by atomic mass is 127. The quantitative estimate of drug-likeness (QED) is 0.136. The summed E-state index contributed by atoms with van der Waals surface area (Å²) in [4.78, 5) is 28.1. The third-order valence-electron chi connectivity index (χ3n) is 4.73. The second-order valence-electron chi connectivity index (χ2n) is 6.79. The third kappa shape index (κ3) is 4.61. The van der Waals surface area contributed by atoms with Crippen LogP contribution in [0.2, 0.25) is 0 Å². The van der Waals surface area contributed by atoms with E-state index in [4.69, 9.17) is 17.2 Å². The Bertz CT molecular complexity index is 1350. The number of hydrogen-bond donors (Lipinski definition) is 2. The number of rotatable bonds is 4. The highest BCUT2D eigenvalue weighted by Gasteiger charge is 2.19. The first-order chi connectivity index (χ1) is 15.3. The SMILES string of the molecule is Cc1c(C(=O)NC(=S)Nc2ccc(I)cc2-c2nc3ccccc3s2)cccc1[N+](=O)[O-]. The lowest BCUT2D eigenvalue weighted by molar-refractivity contribution is -0.385. The minimum Gasteiger partial charge on any atom is -0.332 e. The molecule has 0 aliphatic rings. The number of amides is 1. The molecule has 0 radical (unpaired) electrons. The van der Waals surface area contributed by atoms with Crippen LogP contribution in [0, 0.1) is 20.6 Å². The van der Waals surface area contributed by atoms with Crippen molar-refractivity contribution in [1.29, 1.82) is 0 Å². The summed E-state index contributed by atoms with van der Waals surface area (Å²) in [5, 5.41) is 17.8. The molecule has 0 saturated carbocycles. The van der Waals surface area contributed by atoms with Gasteiger partial charge in [0.15, 0.2) is 5.11 Å². The number of thiazole rings is 1. The molecule has 7 nitrogen and oxygen atoms in total. The average molecular weight is 574 g/mol. The summed E-state index contributed by atoms with van der Waals surface area (Å²) in [5.74, 6) is -0.518. The molecule has 4 rings (SSSR count). The zero-order valence-corrected chi connectivity index (χ0v) is 20.4. The van der Waals surface area contributed by atoms with Crippen LogP contribution in [0.5, 0.6) is 0 Å². The van der Waals surface area contributed by atoms with E-state index in [1.54, 1.807) is 11.3 Å². The van der Waals surface area contributed by atoms with Crippen molar-refractivity contribution >= 4 is 78.8 Å². The first-order valence-electron chi connectivity index (χ1n) is 9.35. The first kappa shape index (κ1) is 22.2. The molecule has 0 fully saturated rings. The van der Waals surface area contributed by atoms with E-state index < -0.39 is 10.8 Å². The van der Waals surface area contributed by atoms with Crippen LogP contribution < -0.4 is 10.6 Å². The second-order valence-corrected chi connectivity index (χ2v) is 9.48. The van der Waals surface area contributed by atoms with E-state index in [0.717, 1.165) is 24.4 Å². The molecule has 0 aliphatic carbocycles. The molecule has 0 unspecified atom stereocenters. The normalized spacial score (nSPS) is 10.7. The van der Waals surface area contributed by atoms with E-state index in [0.29, 0.717) is 5.69 Å². The number of nitrogens with zero attached hydrogens (tertiary/aromatic N) is 2. The number of halogens is 1. The Morgan fingerprint density at radius 2 is 1.94 bits per heavy atom. The molecule has 10 heteroatoms. The maximum Gasteiger partial charge on any atom is 0.273 e. The van der Waals surface area contributed by atoms with Crippen molar-refractivity contribution in [3.05, 3.63) is 85.5 Å². The highest BCUT2D eigenvalue weighted by Crippen LogP contribution is 2.35. The molecule has 4 aromatic rings. The molecule has 32 heavy (non-hydrogen) atoms. The zero-order chi connectivity index (χ0) is 22.8. The molecule has 1 aromatic heterocycles. The van der Waals surface area contributed by atoms with Crippen LogP contribution in [0.15, 0.2) is 60.7 Å². The van der Waals surface area contributed by atoms with E-state index in [-0.39, 0.29) is 21.9 Å². The van der Waals surface area contributed by atoms with E-state index in [2.05, 4.69) is 33.2 Å². The van der Waals surface area contributed by atoms with Crippen LogP contribution in [0.1, 0.15) is 15.9 Å². The van der Waals surface area contributed by atoms with Gasteiger partial charge in [0, 0.05) is 26.3 Å². The Labute approximate surface area is 206 Å². The van der Waals surface area contributed by atoms with Gasteiger partial charge in [-0.1, -0.05) is 18.2 Å². The van der Waals surface area contributed by atoms with Gasteiger partial charge < -0.3 is 5.32 Å². The van der Waals surface area contributed by atoms with Gasteiger partial charge in [-0.05, 0) is 78.1 Å². The van der Waals surface area contributed by atoms with Crippen LogP contribution in [-0.4, -0.2) is 20.9 Å².